The third-order valence-electron chi connectivity index (χ3n) is 1.70. The maximum absolute atomic E-state index is 9.04. The Morgan fingerprint density at radius 3 is 2.62 bits per heavy atom. The zero-order valence-corrected chi connectivity index (χ0v) is 9.15. The van der Waals surface area contributed by atoms with E-state index < -0.39 is 0 Å². The van der Waals surface area contributed by atoms with E-state index in [2.05, 4.69) is 6.07 Å². The van der Waals surface area contributed by atoms with Gasteiger partial charge in [-0.1, -0.05) is 0 Å². The van der Waals surface area contributed by atoms with Gasteiger partial charge in [-0.25, -0.2) is 0 Å². The second kappa shape index (κ2) is 6.16. The monoisotopic (exact) mass is 246 g/mol. The first kappa shape index (κ1) is 10.7. The van der Waals surface area contributed by atoms with Gasteiger partial charge in [0.05, 0.1) is 0 Å². The number of rotatable bonds is 5. The molecule has 0 heterocycles. The summed E-state index contributed by atoms with van der Waals surface area (Å²) in [5.74, 6) is 0. The first-order valence-corrected chi connectivity index (χ1v) is 6.37. The van der Waals surface area contributed by atoms with Crippen LogP contribution in [0, 0.1) is 0 Å². The van der Waals surface area contributed by atoms with Crippen LogP contribution in [0.1, 0.15) is 12.0 Å². The van der Waals surface area contributed by atoms with Gasteiger partial charge in [0.25, 0.3) is 0 Å². The zero-order valence-electron chi connectivity index (χ0n) is 7.44. The topological polar surface area (TPSA) is 40.5 Å². The Hall–Kier alpha value is -0.341. The Labute approximate surface area is 84.8 Å². The number of benzene rings is 1. The van der Waals surface area contributed by atoms with Crippen LogP contribution in [0.25, 0.3) is 0 Å². The van der Waals surface area contributed by atoms with Gasteiger partial charge in [0.1, 0.15) is 0 Å². The zero-order chi connectivity index (χ0) is 9.52. The van der Waals surface area contributed by atoms with Crippen molar-refractivity contribution in [2.24, 2.45) is 0 Å². The quantitative estimate of drug-likeness (QED) is 0.579. The molecule has 0 radical (unpaired) electrons. The van der Waals surface area contributed by atoms with Gasteiger partial charge >= 0.3 is 84.4 Å². The average molecular weight is 245 g/mol. The molecule has 2 N–H and O–H groups in total. The average Bonchev–Trinajstić information content (AvgIpc) is 2.19. The number of aliphatic hydroxyl groups excluding tert-OH is 2. The van der Waals surface area contributed by atoms with Gasteiger partial charge in [0.15, 0.2) is 0 Å². The van der Waals surface area contributed by atoms with Crippen molar-refractivity contribution in [1.82, 2.24) is 0 Å². The van der Waals surface area contributed by atoms with Crippen molar-refractivity contribution in [1.29, 1.82) is 0 Å². The number of hydrogen-bond donors (Lipinski definition) is 2. The van der Waals surface area contributed by atoms with Crippen LogP contribution in [0.2, 0.25) is 5.32 Å². The maximum atomic E-state index is 9.04. The fourth-order valence-corrected chi connectivity index (χ4v) is 3.09. The predicted molar refractivity (Wildman–Crippen MR) is 54.3 cm³/mol. The molecule has 72 valence electrons. The number of aliphatic hydroxyl groups is 2. The van der Waals surface area contributed by atoms with Crippen molar-refractivity contribution < 1.29 is 10.2 Å². The molecule has 0 saturated carbocycles. The van der Waals surface area contributed by atoms with Crippen LogP contribution in [0.4, 0.5) is 0 Å². The molecule has 0 spiro atoms. The molecule has 0 bridgehead atoms. The number of hydrogen-bond acceptors (Lipinski definition) is 2. The summed E-state index contributed by atoms with van der Waals surface area (Å²) in [6, 6.07) is 7.95. The van der Waals surface area contributed by atoms with Gasteiger partial charge in [0.2, 0.25) is 0 Å². The van der Waals surface area contributed by atoms with Crippen LogP contribution in [0.3, 0.4) is 0 Å². The van der Waals surface area contributed by atoms with E-state index in [4.69, 9.17) is 10.2 Å². The van der Waals surface area contributed by atoms with Crippen LogP contribution in [0.5, 0.6) is 0 Å². The van der Waals surface area contributed by atoms with Crippen LogP contribution in [0.15, 0.2) is 24.3 Å². The molecule has 1 aromatic carbocycles. The minimum atomic E-state index is 0.122. The Bertz CT molecular complexity index is 250. The fraction of sp³-hybridized carbons (Fsp3) is 0.400. The van der Waals surface area contributed by atoms with Gasteiger partial charge in [0, 0.05) is 0 Å². The summed E-state index contributed by atoms with van der Waals surface area (Å²) < 4.78 is 1.26. The molecule has 0 atom stereocenters. The Kier molecular flexibility index (Phi) is 5.09. The van der Waals surface area contributed by atoms with E-state index in [1.54, 1.807) is 0 Å². The molecular formula is C10H14O2Se. The van der Waals surface area contributed by atoms with E-state index in [1.165, 1.54) is 4.46 Å². The van der Waals surface area contributed by atoms with Gasteiger partial charge in [-0.2, -0.15) is 0 Å². The van der Waals surface area contributed by atoms with E-state index in [9.17, 15) is 0 Å². The van der Waals surface area contributed by atoms with Crippen LogP contribution in [-0.4, -0.2) is 31.8 Å². The fourth-order valence-electron chi connectivity index (χ4n) is 1.02. The van der Waals surface area contributed by atoms with E-state index in [0.29, 0.717) is 15.0 Å². The molecule has 0 unspecified atom stereocenters. The molecule has 2 nitrogen and oxygen atoms in total. The molecule has 1 rings (SSSR count). The first-order chi connectivity index (χ1) is 6.38. The van der Waals surface area contributed by atoms with Crippen molar-refractivity contribution in [3.63, 3.8) is 0 Å². The molecule has 0 aliphatic carbocycles. The van der Waals surface area contributed by atoms with E-state index in [1.807, 2.05) is 18.2 Å². The summed E-state index contributed by atoms with van der Waals surface area (Å²) in [6.07, 6.45) is 0.861. The summed E-state index contributed by atoms with van der Waals surface area (Å²) in [4.78, 5) is 0. The molecule has 13 heavy (non-hydrogen) atoms. The molecule has 3 heteroatoms. The first-order valence-electron chi connectivity index (χ1n) is 4.31. The van der Waals surface area contributed by atoms with Crippen molar-refractivity contribution in [2.75, 3.05) is 6.61 Å². The molecule has 0 aliphatic heterocycles. The molecule has 0 fully saturated rings. The third-order valence-corrected chi connectivity index (χ3v) is 4.23. The standard InChI is InChI=1S/C10H14O2Se/c11-6-3-7-13-10-5-2-1-4-9(10)8-12/h1-2,4-5,11-12H,3,6-8H2. The van der Waals surface area contributed by atoms with Gasteiger partial charge in [-0.15, -0.1) is 0 Å². The Morgan fingerprint density at radius 2 is 1.92 bits per heavy atom. The molecule has 0 aromatic heterocycles. The van der Waals surface area contributed by atoms with E-state index in [-0.39, 0.29) is 13.2 Å². The van der Waals surface area contributed by atoms with E-state index >= 15 is 0 Å². The van der Waals surface area contributed by atoms with Crippen LogP contribution >= 0.6 is 0 Å². The van der Waals surface area contributed by atoms with Crippen molar-refractivity contribution in [3.8, 4) is 0 Å². The molecule has 1 aromatic rings. The van der Waals surface area contributed by atoms with Crippen LogP contribution < -0.4 is 4.46 Å². The van der Waals surface area contributed by atoms with Gasteiger partial charge in [-0.3, -0.25) is 0 Å². The summed E-state index contributed by atoms with van der Waals surface area (Å²) in [7, 11) is 0. The normalized spacial score (nSPS) is 10.3. The van der Waals surface area contributed by atoms with Crippen molar-refractivity contribution in [2.45, 2.75) is 18.3 Å². The minimum absolute atomic E-state index is 0.122. The second-order valence-electron chi connectivity index (χ2n) is 2.69. The summed E-state index contributed by atoms with van der Waals surface area (Å²) in [5, 5.41) is 18.7. The van der Waals surface area contributed by atoms with Gasteiger partial charge < -0.3 is 0 Å². The summed E-state index contributed by atoms with van der Waals surface area (Å²) >= 11 is 0.391. The third kappa shape index (κ3) is 3.49. The molecule has 0 amide bonds. The molecule has 0 aliphatic rings. The summed E-state index contributed by atoms with van der Waals surface area (Å²) in [5.41, 5.74) is 1.03. The Balaban J connectivity index is 2.54. The van der Waals surface area contributed by atoms with E-state index in [0.717, 1.165) is 17.3 Å². The molecule has 0 saturated heterocycles. The summed E-state index contributed by atoms with van der Waals surface area (Å²) in [6.45, 7) is 0.389. The second-order valence-corrected chi connectivity index (χ2v) is 5.08. The molecular weight excluding hydrogens is 231 g/mol. The Morgan fingerprint density at radius 1 is 1.15 bits per heavy atom. The SMILES string of the molecule is OCCC[Se]c1ccccc1CO. The van der Waals surface area contributed by atoms with Crippen molar-refractivity contribution in [3.05, 3.63) is 29.8 Å². The van der Waals surface area contributed by atoms with Gasteiger partial charge in [-0.05, 0) is 0 Å². The van der Waals surface area contributed by atoms with Crippen molar-refractivity contribution >= 4 is 19.4 Å². The predicted octanol–water partition coefficient (Wildman–Crippen LogP) is 0.309. The van der Waals surface area contributed by atoms with Crippen LogP contribution in [-0.2, 0) is 6.61 Å².